The third-order valence-corrected chi connectivity index (χ3v) is 4.13. The highest BCUT2D eigenvalue weighted by Crippen LogP contribution is 2.40. The van der Waals surface area contributed by atoms with Gasteiger partial charge in [-0.3, -0.25) is 0 Å². The molecule has 2 heteroatoms. The highest BCUT2D eigenvalue weighted by molar-refractivity contribution is 5.84. The number of hydrogen-bond acceptors (Lipinski definition) is 1. The summed E-state index contributed by atoms with van der Waals surface area (Å²) in [4.78, 5) is 3.40. The van der Waals surface area contributed by atoms with Crippen LogP contribution in [0.3, 0.4) is 0 Å². The van der Waals surface area contributed by atoms with Crippen molar-refractivity contribution in [2.75, 3.05) is 7.05 Å². The maximum absolute atomic E-state index is 4.50. The van der Waals surface area contributed by atoms with Crippen molar-refractivity contribution in [3.05, 3.63) is 71.4 Å². The van der Waals surface area contributed by atoms with Crippen LogP contribution in [-0.4, -0.2) is 12.0 Å². The molecular formula is C18H20N2. The maximum atomic E-state index is 4.50. The molecule has 0 spiro atoms. The molecule has 20 heavy (non-hydrogen) atoms. The zero-order valence-corrected chi connectivity index (χ0v) is 11.8. The first kappa shape index (κ1) is 12.9. The normalized spacial score (nSPS) is 16.6. The zero-order valence-electron chi connectivity index (χ0n) is 11.8. The fraction of sp³-hybridized carbons (Fsp3) is 0.222. The molecule has 4 rings (SSSR count). The van der Waals surface area contributed by atoms with Crippen LogP contribution in [0.2, 0.25) is 0 Å². The first-order valence-corrected chi connectivity index (χ1v) is 7.15. The van der Waals surface area contributed by atoms with Crippen LogP contribution in [0.1, 0.15) is 29.0 Å². The number of aromatic amines is 1. The van der Waals surface area contributed by atoms with E-state index in [-0.39, 0.29) is 0 Å². The smallest absolute Gasteiger partial charge is 0.0457 e. The zero-order chi connectivity index (χ0) is 13.9. The quantitative estimate of drug-likeness (QED) is 0.689. The summed E-state index contributed by atoms with van der Waals surface area (Å²) in [6.07, 6.45) is 4.64. The molecule has 0 saturated carbocycles. The van der Waals surface area contributed by atoms with E-state index in [2.05, 4.69) is 65.4 Å². The standard InChI is InChI=1S/C17H15N.CH5N/c1-2-6-13-12(5-1)9-10-14(13)16-11-18-17-8-4-3-7-15(16)17;1-2/h1-8,11,14,18H,9-10H2;2H2,1H3. The SMILES string of the molecule is CN.c1ccc2c(c1)CCC2c1c[nH]c2ccccc12. The Bertz CT molecular complexity index is 712. The molecule has 1 aliphatic rings. The highest BCUT2D eigenvalue weighted by Gasteiger charge is 2.25. The Morgan fingerprint density at radius 3 is 2.60 bits per heavy atom. The van der Waals surface area contributed by atoms with Crippen LogP contribution in [0.4, 0.5) is 0 Å². The maximum Gasteiger partial charge on any atom is 0.0457 e. The third kappa shape index (κ3) is 2.02. The summed E-state index contributed by atoms with van der Waals surface area (Å²) >= 11 is 0. The summed E-state index contributed by atoms with van der Waals surface area (Å²) in [6.45, 7) is 0. The number of hydrogen-bond donors (Lipinski definition) is 2. The summed E-state index contributed by atoms with van der Waals surface area (Å²) in [6, 6.07) is 17.5. The molecule has 2 aromatic carbocycles. The minimum atomic E-state index is 0.567. The fourth-order valence-corrected chi connectivity index (χ4v) is 3.26. The van der Waals surface area contributed by atoms with Gasteiger partial charge in [-0.05, 0) is 42.6 Å². The van der Waals surface area contributed by atoms with Gasteiger partial charge in [0, 0.05) is 23.0 Å². The first-order chi connectivity index (χ1) is 9.93. The lowest BCUT2D eigenvalue weighted by Gasteiger charge is -2.10. The van der Waals surface area contributed by atoms with E-state index in [1.165, 1.54) is 47.5 Å². The molecule has 3 aromatic rings. The third-order valence-electron chi connectivity index (χ3n) is 4.13. The Morgan fingerprint density at radius 2 is 1.70 bits per heavy atom. The largest absolute Gasteiger partial charge is 0.361 e. The van der Waals surface area contributed by atoms with Crippen LogP contribution in [0.25, 0.3) is 10.9 Å². The lowest BCUT2D eigenvalue weighted by molar-refractivity contribution is 0.794. The Kier molecular flexibility index (Phi) is 3.57. The Labute approximate surface area is 119 Å². The number of nitrogens with one attached hydrogen (secondary N) is 1. The number of aromatic nitrogens is 1. The van der Waals surface area contributed by atoms with Gasteiger partial charge in [-0.1, -0.05) is 42.5 Å². The fourth-order valence-electron chi connectivity index (χ4n) is 3.26. The van der Waals surface area contributed by atoms with Gasteiger partial charge >= 0.3 is 0 Å². The lowest BCUT2D eigenvalue weighted by atomic mass is 9.93. The molecule has 0 aliphatic heterocycles. The van der Waals surface area contributed by atoms with Gasteiger partial charge in [0.15, 0.2) is 0 Å². The van der Waals surface area contributed by atoms with E-state index < -0.39 is 0 Å². The molecule has 2 nitrogen and oxygen atoms in total. The van der Waals surface area contributed by atoms with Gasteiger partial charge in [-0.2, -0.15) is 0 Å². The van der Waals surface area contributed by atoms with Crippen LogP contribution in [0, 0.1) is 0 Å². The molecule has 0 fully saturated rings. The Morgan fingerprint density at radius 1 is 0.950 bits per heavy atom. The van der Waals surface area contributed by atoms with Gasteiger partial charge in [-0.15, -0.1) is 0 Å². The second kappa shape index (κ2) is 5.51. The van der Waals surface area contributed by atoms with Crippen molar-refractivity contribution >= 4 is 10.9 Å². The van der Waals surface area contributed by atoms with Gasteiger partial charge in [0.2, 0.25) is 0 Å². The monoisotopic (exact) mass is 264 g/mol. The van der Waals surface area contributed by atoms with Crippen molar-refractivity contribution in [2.24, 2.45) is 5.73 Å². The van der Waals surface area contributed by atoms with Crippen molar-refractivity contribution in [1.82, 2.24) is 4.98 Å². The first-order valence-electron chi connectivity index (χ1n) is 7.15. The van der Waals surface area contributed by atoms with Gasteiger partial charge < -0.3 is 10.7 Å². The molecule has 1 atom stereocenters. The Balaban J connectivity index is 0.000000581. The predicted octanol–water partition coefficient (Wildman–Crippen LogP) is 3.82. The van der Waals surface area contributed by atoms with Crippen molar-refractivity contribution in [3.63, 3.8) is 0 Å². The minimum absolute atomic E-state index is 0.567. The average Bonchev–Trinajstić information content (AvgIpc) is 3.12. The van der Waals surface area contributed by atoms with Crippen molar-refractivity contribution in [3.8, 4) is 0 Å². The topological polar surface area (TPSA) is 41.8 Å². The number of fused-ring (bicyclic) bond motifs is 2. The van der Waals surface area contributed by atoms with Crippen molar-refractivity contribution < 1.29 is 0 Å². The van der Waals surface area contributed by atoms with E-state index in [0.717, 1.165) is 0 Å². The van der Waals surface area contributed by atoms with Gasteiger partial charge in [0.1, 0.15) is 0 Å². The van der Waals surface area contributed by atoms with Crippen LogP contribution in [-0.2, 0) is 6.42 Å². The number of benzene rings is 2. The molecule has 0 amide bonds. The van der Waals surface area contributed by atoms with E-state index in [1.807, 2.05) is 0 Å². The van der Waals surface area contributed by atoms with E-state index in [4.69, 9.17) is 0 Å². The number of H-pyrrole nitrogens is 1. The van der Waals surface area contributed by atoms with Crippen LogP contribution in [0.5, 0.6) is 0 Å². The molecule has 0 saturated heterocycles. The van der Waals surface area contributed by atoms with E-state index in [1.54, 1.807) is 0 Å². The minimum Gasteiger partial charge on any atom is -0.361 e. The number of nitrogens with two attached hydrogens (primary N) is 1. The van der Waals surface area contributed by atoms with Crippen LogP contribution < -0.4 is 5.73 Å². The molecule has 1 heterocycles. The molecule has 1 unspecified atom stereocenters. The predicted molar refractivity (Wildman–Crippen MR) is 85.0 cm³/mol. The summed E-state index contributed by atoms with van der Waals surface area (Å²) < 4.78 is 0. The van der Waals surface area contributed by atoms with Crippen molar-refractivity contribution in [1.29, 1.82) is 0 Å². The Hall–Kier alpha value is -2.06. The molecule has 3 N–H and O–H groups in total. The number of para-hydroxylation sites is 1. The summed E-state index contributed by atoms with van der Waals surface area (Å²) in [5.41, 5.74) is 10.2. The molecular weight excluding hydrogens is 244 g/mol. The average molecular weight is 264 g/mol. The number of aryl methyl sites for hydroxylation is 1. The van der Waals surface area contributed by atoms with Crippen LogP contribution in [0.15, 0.2) is 54.7 Å². The molecule has 1 aromatic heterocycles. The second-order valence-corrected chi connectivity index (χ2v) is 5.08. The molecule has 0 bridgehead atoms. The van der Waals surface area contributed by atoms with Gasteiger partial charge in [0.05, 0.1) is 0 Å². The summed E-state index contributed by atoms with van der Waals surface area (Å²) in [7, 11) is 1.50. The van der Waals surface area contributed by atoms with E-state index in [0.29, 0.717) is 5.92 Å². The molecule has 0 radical (unpaired) electrons. The summed E-state index contributed by atoms with van der Waals surface area (Å²) in [5, 5.41) is 1.37. The van der Waals surface area contributed by atoms with E-state index >= 15 is 0 Å². The van der Waals surface area contributed by atoms with Gasteiger partial charge in [-0.25, -0.2) is 0 Å². The molecule has 102 valence electrons. The van der Waals surface area contributed by atoms with Gasteiger partial charge in [0.25, 0.3) is 0 Å². The van der Waals surface area contributed by atoms with Crippen molar-refractivity contribution in [2.45, 2.75) is 18.8 Å². The summed E-state index contributed by atoms with van der Waals surface area (Å²) in [5.74, 6) is 0.567. The molecule has 1 aliphatic carbocycles. The van der Waals surface area contributed by atoms with E-state index in [9.17, 15) is 0 Å². The second-order valence-electron chi connectivity index (χ2n) is 5.08. The lowest BCUT2D eigenvalue weighted by Crippen LogP contribution is -1.94. The van der Waals surface area contributed by atoms with Crippen LogP contribution >= 0.6 is 0 Å². The highest BCUT2D eigenvalue weighted by atomic mass is 14.7. The number of rotatable bonds is 1.